The van der Waals surface area contributed by atoms with Crippen LogP contribution in [0.1, 0.15) is 36.7 Å². The van der Waals surface area contributed by atoms with Crippen LogP contribution in [-0.4, -0.2) is 22.5 Å². The van der Waals surface area contributed by atoms with E-state index >= 15 is 0 Å². The molecule has 0 bridgehead atoms. The van der Waals surface area contributed by atoms with E-state index in [9.17, 15) is 32.9 Å². The number of benzene rings is 2. The third-order valence-electron chi connectivity index (χ3n) is 3.56. The highest BCUT2D eigenvalue weighted by atomic mass is 19.4. The Bertz CT molecular complexity index is 984. The maximum Gasteiger partial charge on any atom is 0.418 e. The van der Waals surface area contributed by atoms with Gasteiger partial charge in [0.25, 0.3) is 11.6 Å². The summed E-state index contributed by atoms with van der Waals surface area (Å²) in [5.74, 6) is -0.955. The van der Waals surface area contributed by atoms with Gasteiger partial charge in [-0.05, 0) is 45.0 Å². The summed E-state index contributed by atoms with van der Waals surface area (Å²) >= 11 is 0. The summed E-state index contributed by atoms with van der Waals surface area (Å²) in [5.41, 5.74) is -3.78. The van der Waals surface area contributed by atoms with E-state index in [1.165, 1.54) is 18.2 Å². The Balaban J connectivity index is 2.32. The second-order valence-corrected chi connectivity index (χ2v) is 7.11. The zero-order valence-electron chi connectivity index (χ0n) is 16.2. The smallest absolute Gasteiger partial charge is 0.418 e. The molecule has 0 spiro atoms. The molecule has 0 atom stereocenters. The van der Waals surface area contributed by atoms with E-state index in [2.05, 4.69) is 5.32 Å². The minimum absolute atomic E-state index is 0.264. The molecule has 0 heterocycles. The second-order valence-electron chi connectivity index (χ2n) is 7.11. The van der Waals surface area contributed by atoms with Gasteiger partial charge in [0.05, 0.1) is 16.2 Å². The predicted molar refractivity (Wildman–Crippen MR) is 102 cm³/mol. The number of hydrogen-bond acceptors (Lipinski definition) is 5. The summed E-state index contributed by atoms with van der Waals surface area (Å²) in [4.78, 5) is 34.4. The molecule has 2 N–H and O–H groups in total. The Morgan fingerprint density at radius 3 is 2.23 bits per heavy atom. The fraction of sp³-hybridized carbons (Fsp3) is 0.263. The Kier molecular flexibility index (Phi) is 6.34. The molecule has 0 aliphatic rings. The molecule has 2 aromatic rings. The summed E-state index contributed by atoms with van der Waals surface area (Å²) in [6, 6.07) is 7.70. The SMILES string of the molecule is CC(C)(C)OC(=O)Nc1ccc(NC(=O)c2ccccc2[N+](=O)[O-])cc1C(F)(F)F. The molecule has 0 aliphatic carbocycles. The van der Waals surface area contributed by atoms with Crippen molar-refractivity contribution < 1.29 is 32.4 Å². The molecule has 2 aromatic carbocycles. The lowest BCUT2D eigenvalue weighted by molar-refractivity contribution is -0.385. The number of alkyl halides is 3. The van der Waals surface area contributed by atoms with Crippen molar-refractivity contribution in [3.63, 3.8) is 0 Å². The van der Waals surface area contributed by atoms with E-state index in [0.717, 1.165) is 18.2 Å². The van der Waals surface area contributed by atoms with E-state index in [0.29, 0.717) is 6.07 Å². The maximum absolute atomic E-state index is 13.5. The van der Waals surface area contributed by atoms with Crippen molar-refractivity contribution in [1.82, 2.24) is 0 Å². The molecule has 30 heavy (non-hydrogen) atoms. The summed E-state index contributed by atoms with van der Waals surface area (Å²) in [7, 11) is 0. The fourth-order valence-electron chi connectivity index (χ4n) is 2.40. The van der Waals surface area contributed by atoms with Crippen LogP contribution < -0.4 is 10.6 Å². The third-order valence-corrected chi connectivity index (χ3v) is 3.56. The average Bonchev–Trinajstić information content (AvgIpc) is 2.60. The molecule has 0 saturated carbocycles. The number of para-hydroxylation sites is 1. The summed E-state index contributed by atoms with van der Waals surface area (Å²) in [6.45, 7) is 4.66. The summed E-state index contributed by atoms with van der Waals surface area (Å²) in [6.07, 6.45) is -5.94. The van der Waals surface area contributed by atoms with Crippen molar-refractivity contribution >= 4 is 29.1 Å². The number of nitrogens with zero attached hydrogens (tertiary/aromatic N) is 1. The van der Waals surface area contributed by atoms with Gasteiger partial charge in [-0.2, -0.15) is 13.2 Å². The predicted octanol–water partition coefficient (Wildman–Crippen LogP) is 5.21. The third kappa shape index (κ3) is 5.93. The number of carbonyl (C=O) groups is 2. The highest BCUT2D eigenvalue weighted by Crippen LogP contribution is 2.37. The molecule has 0 fully saturated rings. The first kappa shape index (κ1) is 22.7. The molecule has 0 aromatic heterocycles. The molecule has 2 rings (SSSR count). The van der Waals surface area contributed by atoms with Gasteiger partial charge in [0.2, 0.25) is 0 Å². The van der Waals surface area contributed by atoms with E-state index in [1.807, 2.05) is 5.32 Å². The number of anilines is 2. The summed E-state index contributed by atoms with van der Waals surface area (Å²) < 4.78 is 45.3. The molecule has 0 aliphatic heterocycles. The minimum Gasteiger partial charge on any atom is -0.444 e. The van der Waals surface area contributed by atoms with Gasteiger partial charge in [0.15, 0.2) is 0 Å². The van der Waals surface area contributed by atoms with Crippen LogP contribution in [0, 0.1) is 10.1 Å². The number of ether oxygens (including phenoxy) is 1. The Hall–Kier alpha value is -3.63. The number of nitro benzene ring substituents is 1. The van der Waals surface area contributed by atoms with Gasteiger partial charge >= 0.3 is 12.3 Å². The van der Waals surface area contributed by atoms with Crippen LogP contribution >= 0.6 is 0 Å². The van der Waals surface area contributed by atoms with Crippen LogP contribution in [0.5, 0.6) is 0 Å². The van der Waals surface area contributed by atoms with E-state index < -0.39 is 45.6 Å². The molecule has 2 amide bonds. The van der Waals surface area contributed by atoms with Crippen LogP contribution in [0.25, 0.3) is 0 Å². The van der Waals surface area contributed by atoms with Gasteiger partial charge in [-0.25, -0.2) is 4.79 Å². The molecule has 0 radical (unpaired) electrons. The minimum atomic E-state index is -4.86. The molecule has 160 valence electrons. The maximum atomic E-state index is 13.5. The largest absolute Gasteiger partial charge is 0.444 e. The zero-order valence-corrected chi connectivity index (χ0v) is 16.2. The van der Waals surface area contributed by atoms with Crippen molar-refractivity contribution in [2.45, 2.75) is 32.5 Å². The quantitative estimate of drug-likeness (QED) is 0.516. The number of hydrogen-bond donors (Lipinski definition) is 2. The van der Waals surface area contributed by atoms with Crippen molar-refractivity contribution in [2.24, 2.45) is 0 Å². The molecule has 11 heteroatoms. The van der Waals surface area contributed by atoms with Gasteiger partial charge in [-0.3, -0.25) is 20.2 Å². The number of nitrogens with one attached hydrogen (secondary N) is 2. The van der Waals surface area contributed by atoms with Gasteiger partial charge in [0, 0.05) is 11.8 Å². The van der Waals surface area contributed by atoms with E-state index in [1.54, 1.807) is 20.8 Å². The van der Waals surface area contributed by atoms with Crippen molar-refractivity contribution in [2.75, 3.05) is 10.6 Å². The van der Waals surface area contributed by atoms with E-state index in [4.69, 9.17) is 4.74 Å². The van der Waals surface area contributed by atoms with Crippen LogP contribution in [-0.2, 0) is 10.9 Å². The lowest BCUT2D eigenvalue weighted by atomic mass is 10.1. The van der Waals surface area contributed by atoms with Crippen molar-refractivity contribution in [3.8, 4) is 0 Å². The van der Waals surface area contributed by atoms with Gasteiger partial charge in [-0.1, -0.05) is 12.1 Å². The molecule has 0 saturated heterocycles. The van der Waals surface area contributed by atoms with Crippen LogP contribution in [0.15, 0.2) is 42.5 Å². The van der Waals surface area contributed by atoms with Crippen molar-refractivity contribution in [3.05, 3.63) is 63.7 Å². The Morgan fingerprint density at radius 1 is 1.03 bits per heavy atom. The summed E-state index contributed by atoms with van der Waals surface area (Å²) in [5, 5.41) is 15.3. The molecule has 0 unspecified atom stereocenters. The van der Waals surface area contributed by atoms with Gasteiger partial charge in [0.1, 0.15) is 11.2 Å². The highest BCUT2D eigenvalue weighted by Gasteiger charge is 2.35. The van der Waals surface area contributed by atoms with Gasteiger partial charge in [-0.15, -0.1) is 0 Å². The Labute approximate surface area is 169 Å². The Morgan fingerprint density at radius 2 is 1.67 bits per heavy atom. The lowest BCUT2D eigenvalue weighted by Crippen LogP contribution is -2.28. The highest BCUT2D eigenvalue weighted by molar-refractivity contribution is 6.07. The molecular weight excluding hydrogens is 407 g/mol. The van der Waals surface area contributed by atoms with E-state index in [-0.39, 0.29) is 11.3 Å². The van der Waals surface area contributed by atoms with Crippen LogP contribution in [0.3, 0.4) is 0 Å². The number of rotatable bonds is 4. The molecule has 8 nitrogen and oxygen atoms in total. The first-order valence-electron chi connectivity index (χ1n) is 8.54. The first-order valence-corrected chi connectivity index (χ1v) is 8.54. The average molecular weight is 425 g/mol. The normalized spacial score (nSPS) is 11.5. The lowest BCUT2D eigenvalue weighted by Gasteiger charge is -2.21. The topological polar surface area (TPSA) is 111 Å². The monoisotopic (exact) mass is 425 g/mol. The number of halogens is 3. The first-order chi connectivity index (χ1) is 13.8. The number of carbonyl (C=O) groups excluding carboxylic acids is 2. The fourth-order valence-corrected chi connectivity index (χ4v) is 2.40. The van der Waals surface area contributed by atoms with Crippen LogP contribution in [0.4, 0.5) is 35.0 Å². The number of nitro groups is 1. The molecular formula is C19H18F3N3O5. The van der Waals surface area contributed by atoms with Gasteiger partial charge < -0.3 is 10.1 Å². The standard InChI is InChI=1S/C19H18F3N3O5/c1-18(2,3)30-17(27)24-14-9-8-11(10-13(14)19(20,21)22)23-16(26)12-6-4-5-7-15(12)25(28)29/h4-10H,1-3H3,(H,23,26)(H,24,27). The second kappa shape index (κ2) is 8.39. The number of amides is 2. The zero-order chi connectivity index (χ0) is 22.7. The van der Waals surface area contributed by atoms with Crippen molar-refractivity contribution in [1.29, 1.82) is 0 Å². The van der Waals surface area contributed by atoms with Crippen LogP contribution in [0.2, 0.25) is 0 Å².